The Morgan fingerprint density at radius 2 is 1.58 bits per heavy atom. The number of hydrogen-bond donors (Lipinski definition) is 1. The van der Waals surface area contributed by atoms with Crippen LogP contribution in [0.5, 0.6) is 0 Å². The van der Waals surface area contributed by atoms with E-state index in [-0.39, 0.29) is 25.0 Å². The molecule has 36 heavy (non-hydrogen) atoms. The quantitative estimate of drug-likeness (QED) is 0.515. The molecule has 0 radical (unpaired) electrons. The molecule has 2 aromatic rings. The highest BCUT2D eigenvalue weighted by Gasteiger charge is 2.33. The second-order valence-electron chi connectivity index (χ2n) is 9.93. The number of sulfonamides is 1. The summed E-state index contributed by atoms with van der Waals surface area (Å²) in [5, 5.41) is 3.13. The van der Waals surface area contributed by atoms with Crippen LogP contribution in [0, 0.1) is 20.8 Å². The van der Waals surface area contributed by atoms with Crippen molar-refractivity contribution in [3.63, 3.8) is 0 Å². The van der Waals surface area contributed by atoms with Crippen molar-refractivity contribution in [1.82, 2.24) is 10.2 Å². The van der Waals surface area contributed by atoms with E-state index in [0.29, 0.717) is 12.1 Å². The van der Waals surface area contributed by atoms with E-state index in [1.54, 1.807) is 4.90 Å². The minimum atomic E-state index is -3.76. The van der Waals surface area contributed by atoms with E-state index in [4.69, 9.17) is 0 Å². The molecule has 0 heterocycles. The van der Waals surface area contributed by atoms with Crippen LogP contribution < -0.4 is 9.62 Å². The number of hydrogen-bond acceptors (Lipinski definition) is 4. The normalized spacial score (nSPS) is 14.9. The molecule has 0 bridgehead atoms. The Hall–Kier alpha value is -2.87. The molecule has 1 N–H and O–H groups in total. The van der Waals surface area contributed by atoms with E-state index < -0.39 is 22.0 Å². The first-order valence-electron chi connectivity index (χ1n) is 12.7. The van der Waals surface area contributed by atoms with Gasteiger partial charge in [-0.1, -0.05) is 67.8 Å². The van der Waals surface area contributed by atoms with Crippen molar-refractivity contribution < 1.29 is 18.0 Å². The van der Waals surface area contributed by atoms with E-state index in [1.807, 2.05) is 70.2 Å². The monoisotopic (exact) mass is 513 g/mol. The molecule has 0 aromatic heterocycles. The third kappa shape index (κ3) is 6.87. The van der Waals surface area contributed by atoms with Gasteiger partial charge in [-0.3, -0.25) is 13.9 Å². The molecule has 7 nitrogen and oxygen atoms in total. The van der Waals surface area contributed by atoms with Gasteiger partial charge in [0.1, 0.15) is 12.6 Å². The van der Waals surface area contributed by atoms with Crippen molar-refractivity contribution in [2.24, 2.45) is 0 Å². The number of carbonyl (C=O) groups is 2. The number of aryl methyl sites for hydroxylation is 3. The topological polar surface area (TPSA) is 86.8 Å². The molecule has 1 atom stereocenters. The van der Waals surface area contributed by atoms with Crippen LogP contribution in [0.15, 0.2) is 42.5 Å². The molecule has 0 spiro atoms. The zero-order valence-electron chi connectivity index (χ0n) is 22.1. The van der Waals surface area contributed by atoms with Crippen LogP contribution in [0.3, 0.4) is 0 Å². The largest absolute Gasteiger partial charge is 0.352 e. The Bertz CT molecular complexity index is 1150. The van der Waals surface area contributed by atoms with Gasteiger partial charge in [0.25, 0.3) is 0 Å². The summed E-state index contributed by atoms with van der Waals surface area (Å²) in [5.74, 6) is -0.583. The van der Waals surface area contributed by atoms with Gasteiger partial charge in [-0.05, 0) is 56.7 Å². The molecule has 1 fully saturated rings. The second kappa shape index (κ2) is 11.9. The fraction of sp³-hybridized carbons (Fsp3) is 0.500. The van der Waals surface area contributed by atoms with Crippen LogP contribution in [0.1, 0.15) is 61.3 Å². The number of rotatable bonds is 10. The molecule has 0 saturated heterocycles. The lowest BCUT2D eigenvalue weighted by Crippen LogP contribution is -2.53. The number of carbonyl (C=O) groups excluding carboxylic acids is 2. The van der Waals surface area contributed by atoms with E-state index in [0.717, 1.165) is 54.2 Å². The van der Waals surface area contributed by atoms with Crippen molar-refractivity contribution in [3.05, 3.63) is 64.7 Å². The highest BCUT2D eigenvalue weighted by Crippen LogP contribution is 2.27. The average Bonchev–Trinajstić information content (AvgIpc) is 3.31. The van der Waals surface area contributed by atoms with Gasteiger partial charge < -0.3 is 10.2 Å². The predicted molar refractivity (Wildman–Crippen MR) is 144 cm³/mol. The van der Waals surface area contributed by atoms with Gasteiger partial charge in [-0.25, -0.2) is 8.42 Å². The zero-order valence-corrected chi connectivity index (χ0v) is 22.9. The van der Waals surface area contributed by atoms with Crippen LogP contribution in [0.4, 0.5) is 5.69 Å². The molecular weight excluding hydrogens is 474 g/mol. The van der Waals surface area contributed by atoms with E-state index in [2.05, 4.69) is 5.32 Å². The number of anilines is 1. The summed E-state index contributed by atoms with van der Waals surface area (Å²) >= 11 is 0. The smallest absolute Gasteiger partial charge is 0.244 e. The van der Waals surface area contributed by atoms with Crippen LogP contribution in [-0.4, -0.2) is 50.0 Å². The van der Waals surface area contributed by atoms with Crippen molar-refractivity contribution in [1.29, 1.82) is 0 Å². The number of para-hydroxylation sites is 1. The summed E-state index contributed by atoms with van der Waals surface area (Å²) in [6.07, 6.45) is 5.61. The van der Waals surface area contributed by atoms with Crippen molar-refractivity contribution >= 4 is 27.5 Å². The van der Waals surface area contributed by atoms with Crippen LogP contribution in [-0.2, 0) is 26.2 Å². The molecule has 1 aliphatic rings. The lowest BCUT2D eigenvalue weighted by atomic mass is 10.1. The van der Waals surface area contributed by atoms with E-state index in [1.165, 1.54) is 4.31 Å². The second-order valence-corrected chi connectivity index (χ2v) is 11.8. The summed E-state index contributed by atoms with van der Waals surface area (Å²) < 4.78 is 26.9. The molecule has 3 rings (SSSR count). The number of benzene rings is 2. The van der Waals surface area contributed by atoms with Gasteiger partial charge >= 0.3 is 0 Å². The lowest BCUT2D eigenvalue weighted by Gasteiger charge is -2.34. The Labute approximate surface area is 215 Å². The molecule has 8 heteroatoms. The first-order chi connectivity index (χ1) is 17.0. The average molecular weight is 514 g/mol. The standard InChI is InChI=1S/C28H39N3O4S/c1-6-25(28(33)29-24-12-7-8-13-24)30(18-23-16-14-20(2)15-17-23)26(32)19-31(36(5,34)35)27-21(3)10-9-11-22(27)4/h9-11,14-17,24-25H,6-8,12-13,18-19H2,1-5H3,(H,29,33). The fourth-order valence-corrected chi connectivity index (χ4v) is 5.92. The third-order valence-corrected chi connectivity index (χ3v) is 8.04. The van der Waals surface area contributed by atoms with E-state index >= 15 is 0 Å². The minimum absolute atomic E-state index is 0.130. The van der Waals surface area contributed by atoms with Gasteiger partial charge in [0, 0.05) is 12.6 Å². The lowest BCUT2D eigenvalue weighted by molar-refractivity contribution is -0.140. The summed E-state index contributed by atoms with van der Waals surface area (Å²) in [6, 6.07) is 12.8. The summed E-state index contributed by atoms with van der Waals surface area (Å²) in [4.78, 5) is 28.7. The van der Waals surface area contributed by atoms with Gasteiger partial charge in [0.2, 0.25) is 21.8 Å². The Balaban J connectivity index is 1.95. The minimum Gasteiger partial charge on any atom is -0.352 e. The molecule has 196 valence electrons. The maximum Gasteiger partial charge on any atom is 0.244 e. The number of nitrogens with one attached hydrogen (secondary N) is 1. The van der Waals surface area contributed by atoms with Crippen LogP contribution in [0.2, 0.25) is 0 Å². The van der Waals surface area contributed by atoms with Crippen LogP contribution in [0.25, 0.3) is 0 Å². The number of amides is 2. The molecule has 1 saturated carbocycles. The SMILES string of the molecule is CCC(C(=O)NC1CCCC1)N(Cc1ccc(C)cc1)C(=O)CN(c1c(C)cccc1C)S(C)(=O)=O. The third-order valence-electron chi connectivity index (χ3n) is 6.93. The van der Waals surface area contributed by atoms with Gasteiger partial charge in [0.05, 0.1) is 11.9 Å². The molecule has 1 aliphatic carbocycles. The summed E-state index contributed by atoms with van der Waals surface area (Å²) in [5.41, 5.74) is 4.03. The Morgan fingerprint density at radius 1 is 1.00 bits per heavy atom. The van der Waals surface area contributed by atoms with Gasteiger partial charge in [-0.2, -0.15) is 0 Å². The Morgan fingerprint density at radius 3 is 2.11 bits per heavy atom. The van der Waals surface area contributed by atoms with Gasteiger partial charge in [-0.15, -0.1) is 0 Å². The van der Waals surface area contributed by atoms with Crippen molar-refractivity contribution in [2.45, 2.75) is 78.4 Å². The zero-order chi connectivity index (χ0) is 26.5. The molecule has 1 unspecified atom stereocenters. The molecule has 2 aromatic carbocycles. The maximum absolute atomic E-state index is 13.8. The van der Waals surface area contributed by atoms with E-state index in [9.17, 15) is 18.0 Å². The summed E-state index contributed by atoms with van der Waals surface area (Å²) in [7, 11) is -3.76. The molecule has 2 amide bonds. The molecule has 0 aliphatic heterocycles. The number of nitrogens with zero attached hydrogens (tertiary/aromatic N) is 2. The van der Waals surface area contributed by atoms with Gasteiger partial charge in [0.15, 0.2) is 0 Å². The van der Waals surface area contributed by atoms with Crippen molar-refractivity contribution in [2.75, 3.05) is 17.1 Å². The fourth-order valence-electron chi connectivity index (χ4n) is 4.95. The predicted octanol–water partition coefficient (Wildman–Crippen LogP) is 4.24. The Kier molecular flexibility index (Phi) is 9.17. The first-order valence-corrected chi connectivity index (χ1v) is 14.6. The summed E-state index contributed by atoms with van der Waals surface area (Å²) in [6.45, 7) is 7.39. The first kappa shape index (κ1) is 27.7. The van der Waals surface area contributed by atoms with Crippen molar-refractivity contribution in [3.8, 4) is 0 Å². The maximum atomic E-state index is 13.8. The van der Waals surface area contributed by atoms with Crippen LogP contribution >= 0.6 is 0 Å². The highest BCUT2D eigenvalue weighted by atomic mass is 32.2. The highest BCUT2D eigenvalue weighted by molar-refractivity contribution is 7.92. The molecular formula is C28H39N3O4S.